The number of aliphatic hydroxyl groups is 1. The van der Waals surface area contributed by atoms with Crippen molar-refractivity contribution < 1.29 is 11.2 Å². The van der Waals surface area contributed by atoms with E-state index in [4.69, 9.17) is 12.0 Å². The molecule has 0 radical (unpaired) electrons. The van der Waals surface area contributed by atoms with Gasteiger partial charge in [-0.2, -0.15) is 0 Å². The number of hydrogen-bond donors (Lipinski definition) is 1. The highest BCUT2D eigenvalue weighted by atomic mass is 16.5. The molecule has 0 fully saturated rings. The van der Waals surface area contributed by atoms with E-state index in [1.54, 1.807) is 0 Å². The van der Waals surface area contributed by atoms with Crippen molar-refractivity contribution in [2.75, 3.05) is 13.3 Å². The van der Waals surface area contributed by atoms with Crippen LogP contribution in [0.3, 0.4) is 0 Å². The fraction of sp³-hybridized carbons (Fsp3) is 1.00. The number of nitrogens with zero attached hydrogens (tertiary/aromatic N) is 3. The molecule has 0 saturated heterocycles. The van der Waals surface area contributed by atoms with Crippen LogP contribution in [0.2, 0.25) is 0 Å². The van der Waals surface area contributed by atoms with Gasteiger partial charge < -0.3 is 9.84 Å². The maximum absolute atomic E-state index is 8.71. The quantitative estimate of drug-likeness (QED) is 0.264. The Balaban J connectivity index is 3.10. The normalized spacial score (nSPS) is 13.7. The summed E-state index contributed by atoms with van der Waals surface area (Å²) < 4.78 is 11.3. The summed E-state index contributed by atoms with van der Waals surface area (Å²) in [6, 6.07) is 0. The molecule has 1 N–H and O–H groups in total. The predicted molar refractivity (Wildman–Crippen MR) is 31.6 cm³/mol. The van der Waals surface area contributed by atoms with E-state index in [0.717, 1.165) is 0 Å². The van der Waals surface area contributed by atoms with Crippen molar-refractivity contribution in [3.63, 3.8) is 0 Å². The van der Waals surface area contributed by atoms with Crippen LogP contribution in [0.1, 0.15) is 8.27 Å². The van der Waals surface area contributed by atoms with Crippen LogP contribution in [0, 0.1) is 0 Å². The Bertz CT molecular complexity index is 126. The first-order valence-corrected chi connectivity index (χ1v) is 2.37. The highest BCUT2D eigenvalue weighted by Crippen LogP contribution is 1.82. The van der Waals surface area contributed by atoms with E-state index < -0.39 is 6.10 Å². The number of hydrogen-bond acceptors (Lipinski definition) is 3. The van der Waals surface area contributed by atoms with Crippen molar-refractivity contribution in [1.82, 2.24) is 0 Å². The Morgan fingerprint density at radius 2 is 2.89 bits per heavy atom. The Labute approximate surface area is 54.3 Å². The van der Waals surface area contributed by atoms with Crippen LogP contribution < -0.4 is 0 Å². The second-order valence-electron chi connectivity index (χ2n) is 1.38. The van der Waals surface area contributed by atoms with E-state index in [1.165, 1.54) is 0 Å². The molecule has 0 aliphatic carbocycles. The van der Waals surface area contributed by atoms with Gasteiger partial charge in [0.1, 0.15) is 6.73 Å². The summed E-state index contributed by atoms with van der Waals surface area (Å²) in [5.41, 5.74) is 7.77. The molecule has 0 spiro atoms. The molecular formula is C4H9N3O2. The van der Waals surface area contributed by atoms with Gasteiger partial charge in [-0.1, -0.05) is 5.11 Å². The van der Waals surface area contributed by atoms with Gasteiger partial charge in [0.15, 0.2) is 0 Å². The van der Waals surface area contributed by atoms with Crippen LogP contribution in [0.4, 0.5) is 0 Å². The lowest BCUT2D eigenvalue weighted by molar-refractivity contribution is 0.0495. The first kappa shape index (κ1) is 6.35. The third kappa shape index (κ3) is 7.23. The monoisotopic (exact) mass is 132 g/mol. The van der Waals surface area contributed by atoms with E-state index in [-0.39, 0.29) is 20.2 Å². The van der Waals surface area contributed by atoms with Crippen molar-refractivity contribution in [3.05, 3.63) is 10.4 Å². The summed E-state index contributed by atoms with van der Waals surface area (Å²) >= 11 is 0. The van der Waals surface area contributed by atoms with Crippen molar-refractivity contribution in [2.45, 2.75) is 13.0 Å². The fourth-order valence-electron chi connectivity index (χ4n) is 0.255. The molecule has 0 aromatic rings. The molecule has 1 atom stereocenters. The molecule has 52 valence electrons. The van der Waals surface area contributed by atoms with Gasteiger partial charge in [0, 0.05) is 6.28 Å². The van der Waals surface area contributed by atoms with Crippen LogP contribution in [0.5, 0.6) is 0 Å². The zero-order valence-electron chi connectivity index (χ0n) is 5.90. The first-order chi connectivity index (χ1) is 4.81. The van der Waals surface area contributed by atoms with Gasteiger partial charge in [0.2, 0.25) is 0 Å². The molecule has 5 heteroatoms. The molecule has 0 rings (SSSR count). The van der Waals surface area contributed by atoms with Gasteiger partial charge in [-0.05, 0) is 12.4 Å². The topological polar surface area (TPSA) is 78.2 Å². The first-order valence-electron chi connectivity index (χ1n) is 3.08. The average Bonchev–Trinajstić information content (AvgIpc) is 1.98. The molecule has 0 amide bonds. The molecule has 0 heterocycles. The van der Waals surface area contributed by atoms with Crippen LogP contribution in [0.25, 0.3) is 10.4 Å². The van der Waals surface area contributed by atoms with Crippen LogP contribution in [-0.2, 0) is 4.74 Å². The Morgan fingerprint density at radius 3 is 3.44 bits per heavy atom. The largest absolute Gasteiger partial charge is 0.391 e. The van der Waals surface area contributed by atoms with Gasteiger partial charge in [0.25, 0.3) is 0 Å². The molecule has 0 aliphatic rings. The predicted octanol–water partition coefficient (Wildman–Crippen LogP) is 0.652. The Hall–Kier alpha value is -0.770. The number of azide groups is 1. The Morgan fingerprint density at radius 1 is 2.11 bits per heavy atom. The molecule has 0 bridgehead atoms. The van der Waals surface area contributed by atoms with Crippen molar-refractivity contribution >= 4 is 0 Å². The van der Waals surface area contributed by atoms with E-state index >= 15 is 0 Å². The molecule has 0 aromatic carbocycles. The minimum Gasteiger partial charge on any atom is -0.391 e. The zero-order chi connectivity index (χ0) is 7.82. The minimum absolute atomic E-state index is 0.0442. The van der Waals surface area contributed by atoms with Crippen LogP contribution >= 0.6 is 0 Å². The molecular weight excluding hydrogens is 122 g/mol. The van der Waals surface area contributed by atoms with Gasteiger partial charge in [0.05, 0.1) is 12.7 Å². The van der Waals surface area contributed by atoms with Crippen molar-refractivity contribution in [2.24, 2.45) is 5.11 Å². The standard InChI is InChI=1S/C4H9N3O2/c1-4(8)2-9-3-6-7-5/h4,8H,2-3H2,1H3/t4-/m0/s1/i1D. The summed E-state index contributed by atoms with van der Waals surface area (Å²) in [6.45, 7) is -0.146. The Kier molecular flexibility index (Phi) is 3.79. The molecule has 0 aliphatic heterocycles. The summed E-state index contributed by atoms with van der Waals surface area (Å²) in [5, 5.41) is 11.8. The maximum atomic E-state index is 8.71. The van der Waals surface area contributed by atoms with Gasteiger partial charge in [-0.3, -0.25) is 0 Å². The van der Waals surface area contributed by atoms with Crippen LogP contribution in [0.15, 0.2) is 5.11 Å². The highest BCUT2D eigenvalue weighted by Gasteiger charge is 1.91. The summed E-state index contributed by atoms with van der Waals surface area (Å²) in [6.07, 6.45) is -0.783. The lowest BCUT2D eigenvalue weighted by Crippen LogP contribution is -2.09. The van der Waals surface area contributed by atoms with Crippen LogP contribution in [-0.4, -0.2) is 24.5 Å². The maximum Gasteiger partial charge on any atom is 0.126 e. The lowest BCUT2D eigenvalue weighted by atomic mass is 10.5. The van der Waals surface area contributed by atoms with Gasteiger partial charge >= 0.3 is 0 Å². The van der Waals surface area contributed by atoms with E-state index in [1.807, 2.05) is 0 Å². The van der Waals surface area contributed by atoms with E-state index in [0.29, 0.717) is 0 Å². The summed E-state index contributed by atoms with van der Waals surface area (Å²) in [5.74, 6) is 0. The third-order valence-corrected chi connectivity index (χ3v) is 0.523. The number of aliphatic hydroxyl groups excluding tert-OH is 1. The SMILES string of the molecule is [2H]C[C@H](O)COCN=[N+]=[N-]. The zero-order valence-corrected chi connectivity index (χ0v) is 4.90. The molecule has 9 heavy (non-hydrogen) atoms. The molecule has 5 nitrogen and oxygen atoms in total. The third-order valence-electron chi connectivity index (χ3n) is 0.523. The minimum atomic E-state index is -0.783. The number of rotatable bonds is 4. The second-order valence-corrected chi connectivity index (χ2v) is 1.38. The highest BCUT2D eigenvalue weighted by molar-refractivity contribution is 4.41. The average molecular weight is 132 g/mol. The van der Waals surface area contributed by atoms with Gasteiger partial charge in [-0.25, -0.2) is 0 Å². The molecule has 0 aromatic heterocycles. The second kappa shape index (κ2) is 5.37. The number of ether oxygens (including phenoxy) is 1. The van der Waals surface area contributed by atoms with E-state index in [2.05, 4.69) is 14.8 Å². The van der Waals surface area contributed by atoms with Gasteiger partial charge in [-0.15, -0.1) is 0 Å². The van der Waals surface area contributed by atoms with E-state index in [9.17, 15) is 0 Å². The molecule has 0 saturated carbocycles. The van der Waals surface area contributed by atoms with Crippen molar-refractivity contribution in [3.8, 4) is 0 Å². The summed E-state index contributed by atoms with van der Waals surface area (Å²) in [7, 11) is 0. The van der Waals surface area contributed by atoms with Crippen molar-refractivity contribution in [1.29, 1.82) is 0 Å². The molecule has 0 unspecified atom stereocenters. The lowest BCUT2D eigenvalue weighted by Gasteiger charge is -2.00. The summed E-state index contributed by atoms with van der Waals surface area (Å²) in [4.78, 5) is 2.43. The fourth-order valence-corrected chi connectivity index (χ4v) is 0.255. The smallest absolute Gasteiger partial charge is 0.126 e.